The van der Waals surface area contributed by atoms with E-state index < -0.39 is 0 Å². The summed E-state index contributed by atoms with van der Waals surface area (Å²) in [5.74, 6) is 1.56. The Balaban J connectivity index is 1.51. The van der Waals surface area contributed by atoms with Crippen LogP contribution in [0.1, 0.15) is 12.2 Å². The molecule has 1 fully saturated rings. The van der Waals surface area contributed by atoms with Crippen LogP contribution < -0.4 is 0 Å². The van der Waals surface area contributed by atoms with Gasteiger partial charge in [-0.15, -0.1) is 0 Å². The standard InChI is InChI=1S/C17H20FNO2/c18-15-5-3-14(4-6-15)17-8-7-16(21-17)2-1-9-19-10-12-20-13-11-19/h3-8H,1-2,9-13H2. The lowest BCUT2D eigenvalue weighted by Crippen LogP contribution is -2.36. The summed E-state index contributed by atoms with van der Waals surface area (Å²) in [6.45, 7) is 4.82. The van der Waals surface area contributed by atoms with Crippen LogP contribution in [-0.2, 0) is 11.2 Å². The first kappa shape index (κ1) is 14.3. The summed E-state index contributed by atoms with van der Waals surface area (Å²) in [4.78, 5) is 2.42. The maximum absolute atomic E-state index is 12.9. The summed E-state index contributed by atoms with van der Waals surface area (Å²) in [6.07, 6.45) is 2.01. The van der Waals surface area contributed by atoms with Crippen LogP contribution in [-0.4, -0.2) is 37.7 Å². The van der Waals surface area contributed by atoms with E-state index in [1.165, 1.54) is 12.1 Å². The highest BCUT2D eigenvalue weighted by Crippen LogP contribution is 2.23. The van der Waals surface area contributed by atoms with E-state index in [-0.39, 0.29) is 5.82 Å². The minimum atomic E-state index is -0.226. The third kappa shape index (κ3) is 3.93. The van der Waals surface area contributed by atoms with Crippen LogP contribution in [0.15, 0.2) is 40.8 Å². The van der Waals surface area contributed by atoms with Crippen molar-refractivity contribution in [3.05, 3.63) is 48.0 Å². The van der Waals surface area contributed by atoms with Crippen molar-refractivity contribution in [2.45, 2.75) is 12.8 Å². The zero-order chi connectivity index (χ0) is 14.5. The van der Waals surface area contributed by atoms with Gasteiger partial charge in [-0.1, -0.05) is 0 Å². The number of benzene rings is 1. The number of nitrogens with zero attached hydrogens (tertiary/aromatic N) is 1. The molecule has 0 spiro atoms. The molecule has 2 heterocycles. The molecule has 1 aromatic carbocycles. The zero-order valence-electron chi connectivity index (χ0n) is 12.1. The van der Waals surface area contributed by atoms with Crippen LogP contribution in [0.25, 0.3) is 11.3 Å². The number of morpholine rings is 1. The lowest BCUT2D eigenvalue weighted by Gasteiger charge is -2.26. The summed E-state index contributed by atoms with van der Waals surface area (Å²) in [5.41, 5.74) is 0.913. The van der Waals surface area contributed by atoms with E-state index in [1.54, 1.807) is 12.1 Å². The van der Waals surface area contributed by atoms with Crippen molar-refractivity contribution in [3.63, 3.8) is 0 Å². The van der Waals surface area contributed by atoms with Gasteiger partial charge in [-0.3, -0.25) is 4.90 Å². The smallest absolute Gasteiger partial charge is 0.134 e. The molecule has 0 amide bonds. The Morgan fingerprint density at radius 1 is 1.00 bits per heavy atom. The first-order chi connectivity index (χ1) is 10.3. The first-order valence-electron chi connectivity index (χ1n) is 7.46. The fourth-order valence-electron chi connectivity index (χ4n) is 2.58. The van der Waals surface area contributed by atoms with E-state index in [1.807, 2.05) is 12.1 Å². The van der Waals surface area contributed by atoms with Crippen molar-refractivity contribution in [3.8, 4) is 11.3 Å². The van der Waals surface area contributed by atoms with E-state index >= 15 is 0 Å². The van der Waals surface area contributed by atoms with Gasteiger partial charge >= 0.3 is 0 Å². The zero-order valence-corrected chi connectivity index (χ0v) is 12.1. The van der Waals surface area contributed by atoms with Gasteiger partial charge in [0, 0.05) is 25.1 Å². The van der Waals surface area contributed by atoms with E-state index in [9.17, 15) is 4.39 Å². The lowest BCUT2D eigenvalue weighted by molar-refractivity contribution is 0.0373. The van der Waals surface area contributed by atoms with Gasteiger partial charge in [-0.2, -0.15) is 0 Å². The Labute approximate surface area is 124 Å². The molecule has 0 saturated carbocycles. The average Bonchev–Trinajstić information content (AvgIpc) is 2.98. The minimum Gasteiger partial charge on any atom is -0.461 e. The topological polar surface area (TPSA) is 25.6 Å². The third-order valence-electron chi connectivity index (χ3n) is 3.79. The molecule has 0 unspecified atom stereocenters. The molecule has 4 heteroatoms. The van der Waals surface area contributed by atoms with Gasteiger partial charge in [0.15, 0.2) is 0 Å². The molecule has 0 N–H and O–H groups in total. The molecule has 112 valence electrons. The number of rotatable bonds is 5. The maximum atomic E-state index is 12.9. The van der Waals surface area contributed by atoms with Gasteiger partial charge < -0.3 is 9.15 Å². The number of ether oxygens (including phenoxy) is 1. The molecule has 0 radical (unpaired) electrons. The molecule has 21 heavy (non-hydrogen) atoms. The molecule has 0 bridgehead atoms. The van der Waals surface area contributed by atoms with Crippen molar-refractivity contribution in [2.24, 2.45) is 0 Å². The van der Waals surface area contributed by atoms with Crippen molar-refractivity contribution < 1.29 is 13.5 Å². The van der Waals surface area contributed by atoms with Crippen LogP contribution in [0, 0.1) is 5.82 Å². The van der Waals surface area contributed by atoms with Crippen LogP contribution in [0.4, 0.5) is 4.39 Å². The molecular formula is C17H20FNO2. The Bertz CT molecular complexity index is 558. The molecule has 2 aromatic rings. The molecule has 1 aliphatic rings. The van der Waals surface area contributed by atoms with Crippen LogP contribution in [0.3, 0.4) is 0 Å². The molecule has 0 aliphatic carbocycles. The molecular weight excluding hydrogens is 269 g/mol. The van der Waals surface area contributed by atoms with Crippen molar-refractivity contribution in [1.82, 2.24) is 4.90 Å². The highest BCUT2D eigenvalue weighted by atomic mass is 19.1. The second-order valence-electron chi connectivity index (χ2n) is 5.33. The average molecular weight is 289 g/mol. The van der Waals surface area contributed by atoms with Crippen molar-refractivity contribution >= 4 is 0 Å². The van der Waals surface area contributed by atoms with Gasteiger partial charge in [0.05, 0.1) is 13.2 Å². The third-order valence-corrected chi connectivity index (χ3v) is 3.79. The molecule has 1 aromatic heterocycles. The molecule has 0 atom stereocenters. The minimum absolute atomic E-state index is 0.226. The van der Waals surface area contributed by atoms with Crippen LogP contribution in [0.5, 0.6) is 0 Å². The second kappa shape index (κ2) is 6.87. The summed E-state index contributed by atoms with van der Waals surface area (Å²) in [5, 5.41) is 0. The second-order valence-corrected chi connectivity index (χ2v) is 5.33. The number of furan rings is 1. The largest absolute Gasteiger partial charge is 0.461 e. The number of aryl methyl sites for hydroxylation is 1. The van der Waals surface area contributed by atoms with Gasteiger partial charge in [0.1, 0.15) is 17.3 Å². The van der Waals surface area contributed by atoms with E-state index in [0.717, 1.165) is 62.8 Å². The summed E-state index contributed by atoms with van der Waals surface area (Å²) >= 11 is 0. The normalized spacial score (nSPS) is 16.2. The van der Waals surface area contributed by atoms with Crippen LogP contribution >= 0.6 is 0 Å². The Morgan fingerprint density at radius 2 is 1.76 bits per heavy atom. The Kier molecular flexibility index (Phi) is 4.68. The SMILES string of the molecule is Fc1ccc(-c2ccc(CCCN3CCOCC3)o2)cc1. The molecule has 1 saturated heterocycles. The van der Waals surface area contributed by atoms with Crippen LogP contribution in [0.2, 0.25) is 0 Å². The molecule has 3 rings (SSSR count). The highest BCUT2D eigenvalue weighted by Gasteiger charge is 2.10. The monoisotopic (exact) mass is 289 g/mol. The van der Waals surface area contributed by atoms with Gasteiger partial charge in [0.25, 0.3) is 0 Å². The van der Waals surface area contributed by atoms with E-state index in [4.69, 9.17) is 9.15 Å². The highest BCUT2D eigenvalue weighted by molar-refractivity contribution is 5.57. The fraction of sp³-hybridized carbons (Fsp3) is 0.412. The molecule has 1 aliphatic heterocycles. The predicted octanol–water partition coefficient (Wildman–Crippen LogP) is 3.35. The summed E-state index contributed by atoms with van der Waals surface area (Å²) in [7, 11) is 0. The van der Waals surface area contributed by atoms with Crippen molar-refractivity contribution in [2.75, 3.05) is 32.8 Å². The first-order valence-corrected chi connectivity index (χ1v) is 7.46. The number of hydrogen-bond donors (Lipinski definition) is 0. The Hall–Kier alpha value is -1.65. The van der Waals surface area contributed by atoms with E-state index in [2.05, 4.69) is 4.90 Å². The van der Waals surface area contributed by atoms with E-state index in [0.29, 0.717) is 0 Å². The summed E-state index contributed by atoms with van der Waals surface area (Å²) < 4.78 is 24.1. The lowest BCUT2D eigenvalue weighted by atomic mass is 10.2. The van der Waals surface area contributed by atoms with Gasteiger partial charge in [0.2, 0.25) is 0 Å². The van der Waals surface area contributed by atoms with Crippen molar-refractivity contribution in [1.29, 1.82) is 0 Å². The summed E-state index contributed by atoms with van der Waals surface area (Å²) in [6, 6.07) is 10.4. The molecule has 3 nitrogen and oxygen atoms in total. The predicted molar refractivity (Wildman–Crippen MR) is 79.7 cm³/mol. The number of hydrogen-bond acceptors (Lipinski definition) is 3. The Morgan fingerprint density at radius 3 is 2.52 bits per heavy atom. The fourth-order valence-corrected chi connectivity index (χ4v) is 2.58. The van der Waals surface area contributed by atoms with Gasteiger partial charge in [-0.05, 0) is 49.4 Å². The maximum Gasteiger partial charge on any atom is 0.134 e. The number of halogens is 1. The quantitative estimate of drug-likeness (QED) is 0.844. The van der Waals surface area contributed by atoms with Gasteiger partial charge in [-0.25, -0.2) is 4.39 Å².